The van der Waals surface area contributed by atoms with E-state index in [4.69, 9.17) is 12.2 Å². The molecule has 1 atom stereocenters. The highest BCUT2D eigenvalue weighted by molar-refractivity contribution is 9.10. The van der Waals surface area contributed by atoms with Gasteiger partial charge in [0, 0.05) is 10.9 Å². The van der Waals surface area contributed by atoms with Crippen molar-refractivity contribution in [1.29, 1.82) is 0 Å². The molecule has 0 saturated carbocycles. The van der Waals surface area contributed by atoms with Crippen LogP contribution in [0.4, 0.5) is 5.69 Å². The molecule has 0 aliphatic heterocycles. The molecule has 0 bridgehead atoms. The van der Waals surface area contributed by atoms with E-state index in [-0.39, 0.29) is 12.3 Å². The van der Waals surface area contributed by atoms with Gasteiger partial charge in [-0.2, -0.15) is 0 Å². The van der Waals surface area contributed by atoms with E-state index < -0.39 is 6.04 Å². The minimum atomic E-state index is -0.668. The molecule has 16 heavy (non-hydrogen) atoms. The number of carbonyl (C=O) groups is 1. The first-order valence-electron chi connectivity index (χ1n) is 4.80. The molecular formula is C12H13BrN2O. The quantitative estimate of drug-likeness (QED) is 0.833. The second kappa shape index (κ2) is 5.69. The van der Waals surface area contributed by atoms with Crippen molar-refractivity contribution in [2.24, 2.45) is 5.73 Å². The number of nitrogens with two attached hydrogens (primary N) is 1. The van der Waals surface area contributed by atoms with E-state index in [1.54, 1.807) is 0 Å². The molecule has 0 saturated heterocycles. The third-order valence-electron chi connectivity index (χ3n) is 2.06. The van der Waals surface area contributed by atoms with Crippen LogP contribution in [0.5, 0.6) is 0 Å². The van der Waals surface area contributed by atoms with Crippen molar-refractivity contribution in [2.75, 3.05) is 5.32 Å². The molecule has 0 aliphatic carbocycles. The van der Waals surface area contributed by atoms with Crippen molar-refractivity contribution in [3.8, 4) is 12.3 Å². The molecule has 0 aliphatic rings. The Morgan fingerprint density at radius 3 is 2.94 bits per heavy atom. The summed E-state index contributed by atoms with van der Waals surface area (Å²) in [6, 6.07) is 4.98. The van der Waals surface area contributed by atoms with Crippen LogP contribution in [0.1, 0.15) is 12.0 Å². The highest BCUT2D eigenvalue weighted by Gasteiger charge is 2.13. The minimum absolute atomic E-state index is 0.231. The summed E-state index contributed by atoms with van der Waals surface area (Å²) in [5, 5.41) is 2.72. The fraction of sp³-hybridized carbons (Fsp3) is 0.250. The topological polar surface area (TPSA) is 55.1 Å². The second-order valence-corrected chi connectivity index (χ2v) is 4.34. The zero-order valence-electron chi connectivity index (χ0n) is 8.96. The highest BCUT2D eigenvalue weighted by atomic mass is 79.9. The van der Waals surface area contributed by atoms with Gasteiger partial charge in [-0.05, 0) is 40.5 Å². The number of benzene rings is 1. The molecule has 3 nitrogen and oxygen atoms in total. The number of nitrogens with one attached hydrogen (secondary N) is 1. The van der Waals surface area contributed by atoms with Crippen molar-refractivity contribution in [3.05, 3.63) is 28.2 Å². The second-order valence-electron chi connectivity index (χ2n) is 3.49. The van der Waals surface area contributed by atoms with Gasteiger partial charge in [-0.3, -0.25) is 4.79 Å². The number of aryl methyl sites for hydroxylation is 1. The predicted octanol–water partition coefficient (Wildman–Crippen LogP) is 2.05. The van der Waals surface area contributed by atoms with E-state index in [0.29, 0.717) is 5.69 Å². The number of carbonyl (C=O) groups excluding carboxylic acids is 1. The molecule has 84 valence electrons. The molecule has 1 aromatic carbocycles. The van der Waals surface area contributed by atoms with E-state index in [0.717, 1.165) is 10.0 Å². The number of terminal acetylenes is 1. The molecule has 1 rings (SSSR count). The molecule has 0 radical (unpaired) electrons. The molecule has 1 amide bonds. The Morgan fingerprint density at radius 2 is 2.38 bits per heavy atom. The summed E-state index contributed by atoms with van der Waals surface area (Å²) >= 11 is 3.37. The summed E-state index contributed by atoms with van der Waals surface area (Å²) in [6.45, 7) is 1.97. The Labute approximate surface area is 104 Å². The molecule has 1 aromatic rings. The maximum absolute atomic E-state index is 11.6. The summed E-state index contributed by atoms with van der Waals surface area (Å²) in [4.78, 5) is 11.6. The van der Waals surface area contributed by atoms with Gasteiger partial charge in [0.25, 0.3) is 0 Å². The average molecular weight is 281 g/mol. The van der Waals surface area contributed by atoms with Crippen LogP contribution in [0.3, 0.4) is 0 Å². The zero-order valence-corrected chi connectivity index (χ0v) is 10.5. The van der Waals surface area contributed by atoms with Gasteiger partial charge in [0.2, 0.25) is 5.91 Å². The molecule has 3 N–H and O–H groups in total. The number of halogens is 1. The summed E-state index contributed by atoms with van der Waals surface area (Å²) in [6.07, 6.45) is 5.32. The lowest BCUT2D eigenvalue weighted by Gasteiger charge is -2.11. The lowest BCUT2D eigenvalue weighted by Crippen LogP contribution is -2.35. The van der Waals surface area contributed by atoms with Crippen LogP contribution in [0.2, 0.25) is 0 Å². The van der Waals surface area contributed by atoms with Crippen LogP contribution in [-0.4, -0.2) is 11.9 Å². The predicted molar refractivity (Wildman–Crippen MR) is 68.9 cm³/mol. The van der Waals surface area contributed by atoms with Gasteiger partial charge in [0.15, 0.2) is 0 Å². The molecule has 0 aromatic heterocycles. The van der Waals surface area contributed by atoms with Crippen molar-refractivity contribution >= 4 is 27.5 Å². The van der Waals surface area contributed by atoms with Gasteiger partial charge in [0.1, 0.15) is 0 Å². The van der Waals surface area contributed by atoms with Gasteiger partial charge in [0.05, 0.1) is 11.7 Å². The summed E-state index contributed by atoms with van der Waals surface area (Å²) < 4.78 is 0.828. The molecule has 0 spiro atoms. The van der Waals surface area contributed by atoms with Crippen LogP contribution in [-0.2, 0) is 4.79 Å². The Hall–Kier alpha value is -1.31. The maximum atomic E-state index is 11.6. The fourth-order valence-electron chi connectivity index (χ4n) is 1.17. The number of anilines is 1. The first-order valence-corrected chi connectivity index (χ1v) is 5.60. The van der Waals surface area contributed by atoms with Crippen molar-refractivity contribution in [2.45, 2.75) is 19.4 Å². The van der Waals surface area contributed by atoms with Gasteiger partial charge in [-0.15, -0.1) is 12.3 Å². The van der Waals surface area contributed by atoms with E-state index >= 15 is 0 Å². The minimum Gasteiger partial charge on any atom is -0.324 e. The third-order valence-corrected chi connectivity index (χ3v) is 2.71. The lowest BCUT2D eigenvalue weighted by molar-refractivity contribution is -0.117. The van der Waals surface area contributed by atoms with E-state index in [2.05, 4.69) is 27.2 Å². The van der Waals surface area contributed by atoms with Gasteiger partial charge < -0.3 is 11.1 Å². The zero-order chi connectivity index (χ0) is 12.1. The van der Waals surface area contributed by atoms with E-state index in [9.17, 15) is 4.79 Å². The maximum Gasteiger partial charge on any atom is 0.242 e. The monoisotopic (exact) mass is 280 g/mol. The first-order chi connectivity index (χ1) is 7.54. The largest absolute Gasteiger partial charge is 0.324 e. The highest BCUT2D eigenvalue weighted by Crippen LogP contribution is 2.23. The molecule has 4 heteroatoms. The summed E-state index contributed by atoms with van der Waals surface area (Å²) in [5.74, 6) is 2.08. The average Bonchev–Trinajstić information content (AvgIpc) is 2.22. The van der Waals surface area contributed by atoms with E-state index in [1.807, 2.05) is 25.1 Å². The SMILES string of the molecule is C#CCC(N)C(=O)Nc1ccc(C)cc1Br. The smallest absolute Gasteiger partial charge is 0.242 e. The summed E-state index contributed by atoms with van der Waals surface area (Å²) in [7, 11) is 0. The molecule has 0 heterocycles. The Morgan fingerprint density at radius 1 is 1.69 bits per heavy atom. The standard InChI is InChI=1S/C12H13BrN2O/c1-3-4-10(14)12(16)15-11-6-5-8(2)7-9(11)13/h1,5-7,10H,4,14H2,2H3,(H,15,16). The number of amides is 1. The number of rotatable bonds is 3. The molecule has 0 fully saturated rings. The fourth-order valence-corrected chi connectivity index (χ4v) is 1.76. The van der Waals surface area contributed by atoms with E-state index in [1.165, 1.54) is 0 Å². The number of hydrogen-bond acceptors (Lipinski definition) is 2. The van der Waals surface area contributed by atoms with Crippen LogP contribution in [0.15, 0.2) is 22.7 Å². The molecular weight excluding hydrogens is 268 g/mol. The van der Waals surface area contributed by atoms with Crippen LogP contribution >= 0.6 is 15.9 Å². The third kappa shape index (κ3) is 3.37. The lowest BCUT2D eigenvalue weighted by atomic mass is 10.2. The Bertz CT molecular complexity index is 437. The van der Waals surface area contributed by atoms with Crippen molar-refractivity contribution < 1.29 is 4.79 Å². The van der Waals surface area contributed by atoms with Gasteiger partial charge in [-0.25, -0.2) is 0 Å². The number of hydrogen-bond donors (Lipinski definition) is 2. The first kappa shape index (κ1) is 12.8. The van der Waals surface area contributed by atoms with Gasteiger partial charge >= 0.3 is 0 Å². The molecule has 1 unspecified atom stereocenters. The van der Waals surface area contributed by atoms with Crippen molar-refractivity contribution in [1.82, 2.24) is 0 Å². The Kier molecular flexibility index (Phi) is 4.53. The normalized spacial score (nSPS) is 11.6. The van der Waals surface area contributed by atoms with Crippen molar-refractivity contribution in [3.63, 3.8) is 0 Å². The van der Waals surface area contributed by atoms with Gasteiger partial charge in [-0.1, -0.05) is 6.07 Å². The van der Waals surface area contributed by atoms with Crippen LogP contribution in [0.25, 0.3) is 0 Å². The summed E-state index contributed by atoms with van der Waals surface area (Å²) in [5.41, 5.74) is 7.39. The van der Waals surface area contributed by atoms with Crippen LogP contribution in [0, 0.1) is 19.3 Å². The van der Waals surface area contributed by atoms with Crippen LogP contribution < -0.4 is 11.1 Å². The Balaban J connectivity index is 2.74.